The van der Waals surface area contributed by atoms with Gasteiger partial charge in [-0.3, -0.25) is 4.79 Å². The van der Waals surface area contributed by atoms with Crippen LogP contribution in [0.2, 0.25) is 0 Å². The maximum Gasteiger partial charge on any atom is 0.246 e. The maximum atomic E-state index is 12.4. The molecule has 7 heteroatoms. The third-order valence-electron chi connectivity index (χ3n) is 3.55. The number of benzene rings is 2. The number of carbonyl (C=O) groups is 1. The Kier molecular flexibility index (Phi) is 6.52. The monoisotopic (exact) mass is 408 g/mol. The van der Waals surface area contributed by atoms with E-state index < -0.39 is 6.04 Å². The molecular formula is C18H21BrN2O4. The highest BCUT2D eigenvalue weighted by Crippen LogP contribution is 2.40. The van der Waals surface area contributed by atoms with Crippen LogP contribution in [-0.4, -0.2) is 33.3 Å². The summed E-state index contributed by atoms with van der Waals surface area (Å²) in [5.74, 6) is 1.38. The summed E-state index contributed by atoms with van der Waals surface area (Å²) in [7, 11) is 4.64. The van der Waals surface area contributed by atoms with Gasteiger partial charge in [-0.15, -0.1) is 0 Å². The van der Waals surface area contributed by atoms with Crippen molar-refractivity contribution in [3.63, 3.8) is 0 Å². The Morgan fingerprint density at radius 2 is 1.52 bits per heavy atom. The Morgan fingerprint density at radius 3 is 2.00 bits per heavy atom. The molecule has 2 N–H and O–H groups in total. The first kappa shape index (κ1) is 18.9. The van der Waals surface area contributed by atoms with E-state index in [0.29, 0.717) is 22.9 Å². The molecule has 0 saturated carbocycles. The Balaban J connectivity index is 2.12. The molecule has 6 nitrogen and oxygen atoms in total. The summed E-state index contributed by atoms with van der Waals surface area (Å²) in [4.78, 5) is 12.4. The van der Waals surface area contributed by atoms with Crippen LogP contribution >= 0.6 is 15.9 Å². The molecule has 0 radical (unpaired) electrons. The van der Waals surface area contributed by atoms with E-state index in [0.717, 1.165) is 10.2 Å². The summed E-state index contributed by atoms with van der Waals surface area (Å²) >= 11 is 3.36. The highest BCUT2D eigenvalue weighted by Gasteiger charge is 2.17. The fraction of sp³-hybridized carbons (Fsp3) is 0.278. The average molecular weight is 409 g/mol. The van der Waals surface area contributed by atoms with Crippen LogP contribution in [0.4, 0.5) is 11.4 Å². The van der Waals surface area contributed by atoms with Crippen molar-refractivity contribution in [2.45, 2.75) is 13.0 Å². The van der Waals surface area contributed by atoms with Crippen LogP contribution in [0.1, 0.15) is 6.92 Å². The summed E-state index contributed by atoms with van der Waals surface area (Å²) in [6.07, 6.45) is 0. The van der Waals surface area contributed by atoms with Crippen LogP contribution in [0.15, 0.2) is 40.9 Å². The lowest BCUT2D eigenvalue weighted by molar-refractivity contribution is -0.116. The van der Waals surface area contributed by atoms with Crippen LogP contribution in [-0.2, 0) is 4.79 Å². The lowest BCUT2D eigenvalue weighted by Crippen LogP contribution is -2.31. The van der Waals surface area contributed by atoms with Crippen molar-refractivity contribution in [1.82, 2.24) is 0 Å². The van der Waals surface area contributed by atoms with Crippen LogP contribution < -0.4 is 24.8 Å². The number of carbonyl (C=O) groups excluding carboxylic acids is 1. The van der Waals surface area contributed by atoms with Gasteiger partial charge < -0.3 is 24.8 Å². The number of hydrogen-bond acceptors (Lipinski definition) is 5. The van der Waals surface area contributed by atoms with Gasteiger partial charge in [-0.2, -0.15) is 0 Å². The molecule has 0 aliphatic carbocycles. The van der Waals surface area contributed by atoms with E-state index in [9.17, 15) is 4.79 Å². The van der Waals surface area contributed by atoms with Gasteiger partial charge in [0, 0.05) is 28.0 Å². The second-order valence-corrected chi connectivity index (χ2v) is 6.19. The highest BCUT2D eigenvalue weighted by molar-refractivity contribution is 9.10. The van der Waals surface area contributed by atoms with Gasteiger partial charge in [-0.05, 0) is 31.2 Å². The van der Waals surface area contributed by atoms with Crippen molar-refractivity contribution >= 4 is 33.2 Å². The number of amides is 1. The van der Waals surface area contributed by atoms with E-state index in [2.05, 4.69) is 26.6 Å². The van der Waals surface area contributed by atoms with Crippen molar-refractivity contribution < 1.29 is 19.0 Å². The molecule has 0 bridgehead atoms. The summed E-state index contributed by atoms with van der Waals surface area (Å²) in [5, 5.41) is 6.00. The van der Waals surface area contributed by atoms with Gasteiger partial charge in [0.15, 0.2) is 11.5 Å². The summed E-state index contributed by atoms with van der Waals surface area (Å²) in [5.41, 5.74) is 1.42. The van der Waals surface area contributed by atoms with Gasteiger partial charge in [0.2, 0.25) is 11.7 Å². The zero-order valence-electron chi connectivity index (χ0n) is 14.6. The topological polar surface area (TPSA) is 68.8 Å². The number of ether oxygens (including phenoxy) is 3. The minimum Gasteiger partial charge on any atom is -0.493 e. The smallest absolute Gasteiger partial charge is 0.246 e. The molecule has 1 atom stereocenters. The summed E-state index contributed by atoms with van der Waals surface area (Å²) in [6.45, 7) is 1.78. The van der Waals surface area contributed by atoms with E-state index in [1.807, 2.05) is 24.3 Å². The third-order valence-corrected chi connectivity index (χ3v) is 4.08. The molecule has 0 spiro atoms. The molecule has 0 aliphatic rings. The lowest BCUT2D eigenvalue weighted by atomic mass is 10.2. The summed E-state index contributed by atoms with van der Waals surface area (Å²) < 4.78 is 16.9. The van der Waals surface area contributed by atoms with Crippen molar-refractivity contribution in [2.75, 3.05) is 32.0 Å². The van der Waals surface area contributed by atoms with Gasteiger partial charge >= 0.3 is 0 Å². The number of hydrogen-bond donors (Lipinski definition) is 2. The normalized spacial score (nSPS) is 11.4. The molecule has 0 aliphatic heterocycles. The van der Waals surface area contributed by atoms with Crippen LogP contribution in [0.25, 0.3) is 0 Å². The van der Waals surface area contributed by atoms with Crippen LogP contribution in [0, 0.1) is 0 Å². The van der Waals surface area contributed by atoms with E-state index in [4.69, 9.17) is 14.2 Å². The van der Waals surface area contributed by atoms with Gasteiger partial charge in [-0.1, -0.05) is 15.9 Å². The first-order valence-corrected chi connectivity index (χ1v) is 8.40. The fourth-order valence-electron chi connectivity index (χ4n) is 2.26. The summed E-state index contributed by atoms with van der Waals surface area (Å²) in [6, 6.07) is 10.4. The largest absolute Gasteiger partial charge is 0.493 e. The van der Waals surface area contributed by atoms with Crippen molar-refractivity contribution in [3.8, 4) is 17.2 Å². The predicted octanol–water partition coefficient (Wildman–Crippen LogP) is 3.91. The lowest BCUT2D eigenvalue weighted by Gasteiger charge is -2.18. The molecule has 2 rings (SSSR count). The first-order valence-electron chi connectivity index (χ1n) is 7.61. The quantitative estimate of drug-likeness (QED) is 0.726. The molecule has 0 unspecified atom stereocenters. The molecule has 0 fully saturated rings. The first-order chi connectivity index (χ1) is 12.0. The van der Waals surface area contributed by atoms with Crippen LogP contribution in [0.3, 0.4) is 0 Å². The minimum atomic E-state index is -0.466. The molecule has 134 valence electrons. The molecule has 1 amide bonds. The number of rotatable bonds is 7. The molecule has 0 aromatic heterocycles. The number of methoxy groups -OCH3 is 3. The van der Waals surface area contributed by atoms with E-state index in [1.165, 1.54) is 0 Å². The van der Waals surface area contributed by atoms with Crippen molar-refractivity contribution in [2.24, 2.45) is 0 Å². The van der Waals surface area contributed by atoms with Gasteiger partial charge in [-0.25, -0.2) is 0 Å². The van der Waals surface area contributed by atoms with Gasteiger partial charge in [0.05, 0.1) is 21.3 Å². The Hall–Kier alpha value is -2.41. The van der Waals surface area contributed by atoms with Gasteiger partial charge in [0.1, 0.15) is 6.04 Å². The SMILES string of the molecule is COc1cc(N[C@H](C)C(=O)Nc2ccc(Br)cc2)cc(OC)c1OC. The molecule has 0 saturated heterocycles. The third kappa shape index (κ3) is 4.79. The molecule has 0 heterocycles. The molecule has 2 aromatic rings. The van der Waals surface area contributed by atoms with E-state index in [-0.39, 0.29) is 5.91 Å². The predicted molar refractivity (Wildman–Crippen MR) is 102 cm³/mol. The zero-order chi connectivity index (χ0) is 18.4. The Labute approximate surface area is 155 Å². The minimum absolute atomic E-state index is 0.156. The van der Waals surface area contributed by atoms with E-state index in [1.54, 1.807) is 40.4 Å². The zero-order valence-corrected chi connectivity index (χ0v) is 16.1. The second-order valence-electron chi connectivity index (χ2n) is 5.28. The van der Waals surface area contributed by atoms with Gasteiger partial charge in [0.25, 0.3) is 0 Å². The Morgan fingerprint density at radius 1 is 0.960 bits per heavy atom. The molecule has 2 aromatic carbocycles. The molecular weight excluding hydrogens is 388 g/mol. The number of anilines is 2. The Bertz CT molecular complexity index is 709. The van der Waals surface area contributed by atoms with Crippen molar-refractivity contribution in [1.29, 1.82) is 0 Å². The number of nitrogens with one attached hydrogen (secondary N) is 2. The highest BCUT2D eigenvalue weighted by atomic mass is 79.9. The fourth-order valence-corrected chi connectivity index (χ4v) is 2.53. The molecule has 25 heavy (non-hydrogen) atoms. The standard InChI is InChI=1S/C18H21BrN2O4/c1-11(18(22)21-13-7-5-12(19)6-8-13)20-14-9-15(23-2)17(25-4)16(10-14)24-3/h5-11,20H,1-4H3,(H,21,22)/t11-/m1/s1. The number of halogens is 1. The average Bonchev–Trinajstić information content (AvgIpc) is 2.62. The van der Waals surface area contributed by atoms with Crippen molar-refractivity contribution in [3.05, 3.63) is 40.9 Å². The van der Waals surface area contributed by atoms with E-state index >= 15 is 0 Å². The second kappa shape index (κ2) is 8.62. The maximum absolute atomic E-state index is 12.4. The van der Waals surface area contributed by atoms with Crippen LogP contribution in [0.5, 0.6) is 17.2 Å².